The summed E-state index contributed by atoms with van der Waals surface area (Å²) in [4.78, 5) is 162. The Hall–Kier alpha value is -7.26. The maximum Gasteiger partial charge on any atom is 0.326 e. The predicted octanol–water partition coefficient (Wildman–Crippen LogP) is -4.95. The van der Waals surface area contributed by atoms with Crippen LogP contribution in [0.25, 0.3) is 0 Å². The van der Waals surface area contributed by atoms with Crippen LogP contribution in [0.1, 0.15) is 110 Å². The fourth-order valence-electron chi connectivity index (χ4n) is 8.35. The number of carboxylic acids is 1. The Morgan fingerprint density at radius 3 is 1.24 bits per heavy atom. The number of carboxylic acid groups (broad SMARTS) is 1. The van der Waals surface area contributed by atoms with Crippen molar-refractivity contribution in [2.75, 3.05) is 38.3 Å². The molecule has 10 atom stereocenters. The third-order valence-corrected chi connectivity index (χ3v) is 13.6. The molecule has 22 N–H and O–H groups in total. The lowest BCUT2D eigenvalue weighted by atomic mass is 10.0. The summed E-state index contributed by atoms with van der Waals surface area (Å²) < 4.78 is 0. The Morgan fingerprint density at radius 1 is 0.500 bits per heavy atom. The van der Waals surface area contributed by atoms with Crippen molar-refractivity contribution in [2.24, 2.45) is 34.8 Å². The van der Waals surface area contributed by atoms with Crippen LogP contribution in [0.3, 0.4) is 0 Å². The summed E-state index contributed by atoms with van der Waals surface area (Å²) >= 11 is 1.30. The molecule has 472 valence electrons. The average molecular weight is 1210 g/mol. The summed E-state index contributed by atoms with van der Waals surface area (Å²) in [6.07, 6.45) is 8.16. The largest absolute Gasteiger partial charge is 0.480 e. The summed E-state index contributed by atoms with van der Waals surface area (Å²) in [5, 5.41) is 52.8. The number of rotatable bonds is 43. The molecule has 0 unspecified atom stereocenters. The number of unbranched alkanes of at least 4 members (excludes halogenated alkanes) is 2. The van der Waals surface area contributed by atoms with Crippen LogP contribution in [0.2, 0.25) is 0 Å². The first-order valence-electron chi connectivity index (χ1n) is 27.9. The molecule has 0 fully saturated rings. The molecular weight excluding hydrogens is 1120 g/mol. The number of thioether (sulfide) groups is 1. The van der Waals surface area contributed by atoms with Gasteiger partial charge in [0.1, 0.15) is 54.4 Å². The number of aromatic nitrogens is 4. The van der Waals surface area contributed by atoms with Crippen LogP contribution in [0.4, 0.5) is 0 Å². The van der Waals surface area contributed by atoms with E-state index in [1.165, 1.54) is 36.8 Å². The van der Waals surface area contributed by atoms with E-state index in [-0.39, 0.29) is 62.7 Å². The van der Waals surface area contributed by atoms with Crippen molar-refractivity contribution in [2.45, 2.75) is 172 Å². The Morgan fingerprint density at radius 2 is 0.857 bits per heavy atom. The predicted molar refractivity (Wildman–Crippen MR) is 308 cm³/mol. The van der Waals surface area contributed by atoms with Gasteiger partial charge in [-0.3, -0.25) is 47.9 Å². The number of aromatic amines is 2. The number of amides is 10. The molecule has 32 heteroatoms. The molecule has 84 heavy (non-hydrogen) atoms. The van der Waals surface area contributed by atoms with Crippen LogP contribution >= 0.6 is 11.8 Å². The minimum atomic E-state index is -1.67. The monoisotopic (exact) mass is 1210 g/mol. The van der Waals surface area contributed by atoms with Crippen molar-refractivity contribution in [1.29, 1.82) is 0 Å². The number of aliphatic carboxylic acids is 1. The van der Waals surface area contributed by atoms with Gasteiger partial charge in [-0.25, -0.2) is 14.8 Å². The minimum Gasteiger partial charge on any atom is -0.480 e. The van der Waals surface area contributed by atoms with E-state index in [4.69, 9.17) is 22.9 Å². The number of H-pyrrole nitrogens is 2. The van der Waals surface area contributed by atoms with Crippen LogP contribution in [-0.2, 0) is 65.6 Å². The number of aliphatic hydroxyl groups is 2. The summed E-state index contributed by atoms with van der Waals surface area (Å²) in [6, 6.07) is -14.2. The molecule has 10 amide bonds. The molecule has 0 aromatic carbocycles. The standard InChI is InChI=1S/C52H89N17O14S/c1-28(2)18-36(64-43(73)32(55)10-6-8-15-53)47(77)68-41(25-71)51(81)67-38(20-30-22-57-26-59-30)48(78)65-37(19-29(3)4)46(76)61-33(12-13-42(56)72)44(74)62-34(14-17-84-5)45(75)66-39(21-31-23-58-27-60-31)49(79)69-40(24-70)50(80)63-35(52(82)83)11-7-9-16-54/h22-23,26-29,32-41,70-71H,6-21,24-25,53-55H2,1-5H3,(H2,56,72)(H,57,59)(H,58,60)(H,61,76)(H,62,74)(H,63,80)(H,64,73)(H,65,78)(H,66,75)(H,67,81)(H,68,77)(H,69,79)(H,82,83)/t32-,33-,34-,35-,36-,37-,38-,39-,40-,41-/m0/s1. The highest BCUT2D eigenvalue weighted by molar-refractivity contribution is 7.98. The fourth-order valence-corrected chi connectivity index (χ4v) is 8.82. The first-order valence-corrected chi connectivity index (χ1v) is 29.3. The molecule has 0 spiro atoms. The quantitative estimate of drug-likeness (QED) is 0.0277. The van der Waals surface area contributed by atoms with E-state index in [0.717, 1.165) is 0 Å². The van der Waals surface area contributed by atoms with Crippen LogP contribution in [0.15, 0.2) is 25.0 Å². The average Bonchev–Trinajstić information content (AvgIpc) is 4.29. The van der Waals surface area contributed by atoms with Crippen molar-refractivity contribution in [3.8, 4) is 0 Å². The highest BCUT2D eigenvalue weighted by Gasteiger charge is 2.36. The van der Waals surface area contributed by atoms with Crippen molar-refractivity contribution in [3.63, 3.8) is 0 Å². The molecule has 0 radical (unpaired) electrons. The van der Waals surface area contributed by atoms with E-state index in [1.807, 2.05) is 13.8 Å². The van der Waals surface area contributed by atoms with E-state index in [0.29, 0.717) is 50.0 Å². The molecule has 0 aliphatic rings. The maximum atomic E-state index is 14.3. The Bertz CT molecular complexity index is 2400. The lowest BCUT2D eigenvalue weighted by Crippen LogP contribution is -2.61. The molecule has 2 rings (SSSR count). The van der Waals surface area contributed by atoms with Gasteiger partial charge in [0, 0.05) is 43.0 Å². The third kappa shape index (κ3) is 27.4. The first-order chi connectivity index (χ1) is 39.9. The molecule has 0 aliphatic carbocycles. The number of primary amides is 1. The summed E-state index contributed by atoms with van der Waals surface area (Å²) in [6.45, 7) is 5.88. The van der Waals surface area contributed by atoms with Gasteiger partial charge in [0.15, 0.2) is 0 Å². The molecule has 2 aromatic heterocycles. The van der Waals surface area contributed by atoms with E-state index in [9.17, 15) is 68.1 Å². The number of imidazole rings is 2. The molecule has 2 aromatic rings. The van der Waals surface area contributed by atoms with Crippen LogP contribution < -0.4 is 70.8 Å². The number of aliphatic hydroxyl groups excluding tert-OH is 2. The second kappa shape index (κ2) is 39.3. The zero-order chi connectivity index (χ0) is 62.9. The number of carbonyl (C=O) groups excluding carboxylic acids is 10. The number of nitrogens with one attached hydrogen (secondary N) is 11. The smallest absolute Gasteiger partial charge is 0.326 e. The zero-order valence-electron chi connectivity index (χ0n) is 48.4. The number of nitrogens with two attached hydrogens (primary N) is 4. The van der Waals surface area contributed by atoms with Crippen molar-refractivity contribution < 1.29 is 68.1 Å². The van der Waals surface area contributed by atoms with Gasteiger partial charge >= 0.3 is 5.97 Å². The van der Waals surface area contributed by atoms with Gasteiger partial charge < -0.3 is 96.1 Å². The highest BCUT2D eigenvalue weighted by atomic mass is 32.2. The number of hydrogen-bond donors (Lipinski definition) is 18. The van der Waals surface area contributed by atoms with E-state index in [2.05, 4.69) is 67.8 Å². The Balaban J connectivity index is 2.42. The summed E-state index contributed by atoms with van der Waals surface area (Å²) in [7, 11) is 0. The molecular formula is C52H89N17O14S. The van der Waals surface area contributed by atoms with Gasteiger partial charge in [-0.05, 0) is 94.7 Å². The van der Waals surface area contributed by atoms with Crippen molar-refractivity contribution in [3.05, 3.63) is 36.4 Å². The summed E-state index contributed by atoms with van der Waals surface area (Å²) in [5.74, 6) is -10.6. The van der Waals surface area contributed by atoms with E-state index >= 15 is 0 Å². The van der Waals surface area contributed by atoms with Gasteiger partial charge in [-0.2, -0.15) is 11.8 Å². The third-order valence-electron chi connectivity index (χ3n) is 13.0. The van der Waals surface area contributed by atoms with E-state index in [1.54, 1.807) is 20.1 Å². The van der Waals surface area contributed by atoms with Crippen LogP contribution in [0, 0.1) is 11.8 Å². The topological polar surface area (TPSA) is 518 Å². The zero-order valence-corrected chi connectivity index (χ0v) is 49.2. The molecule has 0 saturated carbocycles. The van der Waals surface area contributed by atoms with Gasteiger partial charge in [0.2, 0.25) is 59.1 Å². The minimum absolute atomic E-state index is 0.0138. The summed E-state index contributed by atoms with van der Waals surface area (Å²) in [5.41, 5.74) is 23.3. The van der Waals surface area contributed by atoms with Gasteiger partial charge in [0.25, 0.3) is 0 Å². The van der Waals surface area contributed by atoms with Crippen LogP contribution in [0.5, 0.6) is 0 Å². The molecule has 31 nitrogen and oxygen atoms in total. The Kier molecular flexibility index (Phi) is 34.1. The maximum absolute atomic E-state index is 14.3. The second-order valence-electron chi connectivity index (χ2n) is 21.0. The van der Waals surface area contributed by atoms with Crippen molar-refractivity contribution >= 4 is 76.8 Å². The fraction of sp³-hybridized carbons (Fsp3) is 0.673. The normalized spacial score (nSPS) is 14.9. The molecule has 0 bridgehead atoms. The lowest BCUT2D eigenvalue weighted by molar-refractivity contribution is -0.143. The highest BCUT2D eigenvalue weighted by Crippen LogP contribution is 2.13. The van der Waals surface area contributed by atoms with Gasteiger partial charge in [-0.15, -0.1) is 0 Å². The lowest BCUT2D eigenvalue weighted by Gasteiger charge is -2.28. The Labute approximate surface area is 492 Å². The second-order valence-corrected chi connectivity index (χ2v) is 22.0. The van der Waals surface area contributed by atoms with E-state index < -0.39 is 152 Å². The van der Waals surface area contributed by atoms with Gasteiger partial charge in [0.05, 0.1) is 31.9 Å². The SMILES string of the molecule is CSCC[C@H](NC(=O)[C@H](CCC(N)=O)NC(=O)[C@H](CC(C)C)NC(=O)[C@H](Cc1cnc[nH]1)NC(=O)[C@H](CO)NC(=O)[C@H](CC(C)C)NC(=O)[C@@H](N)CCCCN)C(=O)N[C@@H](Cc1cnc[nH]1)C(=O)N[C@@H](CO)C(=O)N[C@@H](CCCCN)C(=O)O. The van der Waals surface area contributed by atoms with Crippen LogP contribution in [-0.4, -0.2) is 199 Å². The number of nitrogens with zero attached hydrogens (tertiary/aromatic N) is 2. The number of carbonyl (C=O) groups is 11. The molecule has 0 aliphatic heterocycles. The van der Waals surface area contributed by atoms with Gasteiger partial charge in [-0.1, -0.05) is 34.1 Å². The van der Waals surface area contributed by atoms with Crippen molar-refractivity contribution in [1.82, 2.24) is 67.8 Å². The molecule has 0 saturated heterocycles. The number of hydrogen-bond acceptors (Lipinski definition) is 19. The first kappa shape index (κ1) is 72.8. The molecule has 2 heterocycles.